The smallest absolute Gasteiger partial charge is 0.335 e. The van der Waals surface area contributed by atoms with Crippen molar-refractivity contribution in [2.24, 2.45) is 5.41 Å². The molecule has 4 nitrogen and oxygen atoms in total. The fourth-order valence-electron chi connectivity index (χ4n) is 3.08. The summed E-state index contributed by atoms with van der Waals surface area (Å²) < 4.78 is 13.9. The Morgan fingerprint density at radius 3 is 2.42 bits per heavy atom. The number of anilines is 1. The third-order valence-corrected chi connectivity index (χ3v) is 4.64. The maximum absolute atomic E-state index is 13.9. The number of hydrogen-bond acceptors (Lipinski definition) is 2. The van der Waals surface area contributed by atoms with Gasteiger partial charge in [-0.15, -0.1) is 0 Å². The summed E-state index contributed by atoms with van der Waals surface area (Å²) in [5, 5.41) is 11.6. The molecule has 5 heteroatoms. The molecular weight excluding hydrogens is 309 g/mol. The number of nitrogens with one attached hydrogen (secondary N) is 1. The lowest BCUT2D eigenvalue weighted by atomic mass is 9.64. The Hall–Kier alpha value is -2.69. The zero-order valence-electron chi connectivity index (χ0n) is 13.1. The fourth-order valence-corrected chi connectivity index (χ4v) is 3.08. The maximum Gasteiger partial charge on any atom is 0.335 e. The molecule has 1 fully saturated rings. The lowest BCUT2D eigenvalue weighted by Gasteiger charge is -2.40. The second-order valence-corrected chi connectivity index (χ2v) is 6.25. The van der Waals surface area contributed by atoms with Crippen LogP contribution in [-0.4, -0.2) is 17.0 Å². The van der Waals surface area contributed by atoms with E-state index in [1.165, 1.54) is 6.07 Å². The number of amides is 1. The van der Waals surface area contributed by atoms with Gasteiger partial charge in [0.15, 0.2) is 0 Å². The molecule has 24 heavy (non-hydrogen) atoms. The Morgan fingerprint density at radius 1 is 1.12 bits per heavy atom. The van der Waals surface area contributed by atoms with Gasteiger partial charge in [0.25, 0.3) is 0 Å². The fraction of sp³-hybridized carbons (Fsp3) is 0.263. The highest BCUT2D eigenvalue weighted by Crippen LogP contribution is 2.44. The Labute approximate surface area is 139 Å². The Morgan fingerprint density at radius 2 is 1.83 bits per heavy atom. The van der Waals surface area contributed by atoms with E-state index in [1.54, 1.807) is 0 Å². The van der Waals surface area contributed by atoms with Crippen LogP contribution in [0.15, 0.2) is 48.5 Å². The topological polar surface area (TPSA) is 66.4 Å². The number of carbonyl (C=O) groups is 2. The summed E-state index contributed by atoms with van der Waals surface area (Å²) in [6, 6.07) is 13.1. The molecule has 1 aliphatic rings. The van der Waals surface area contributed by atoms with Crippen molar-refractivity contribution in [2.45, 2.75) is 25.7 Å². The van der Waals surface area contributed by atoms with Crippen molar-refractivity contribution < 1.29 is 19.1 Å². The summed E-state index contributed by atoms with van der Waals surface area (Å²) >= 11 is 0. The number of rotatable bonds is 5. The normalized spacial score (nSPS) is 15.4. The molecule has 2 aromatic rings. The van der Waals surface area contributed by atoms with Gasteiger partial charge in [0.1, 0.15) is 5.82 Å². The molecule has 0 heterocycles. The van der Waals surface area contributed by atoms with Crippen molar-refractivity contribution in [2.75, 3.05) is 5.32 Å². The summed E-state index contributed by atoms with van der Waals surface area (Å²) in [4.78, 5) is 23.7. The minimum atomic E-state index is -1.16. The average molecular weight is 327 g/mol. The van der Waals surface area contributed by atoms with Gasteiger partial charge in [-0.3, -0.25) is 4.79 Å². The van der Waals surface area contributed by atoms with Gasteiger partial charge in [0.05, 0.1) is 16.7 Å². The summed E-state index contributed by atoms with van der Waals surface area (Å²) in [7, 11) is 0. The van der Waals surface area contributed by atoms with E-state index >= 15 is 0 Å². The highest BCUT2D eigenvalue weighted by molar-refractivity contribution is 5.97. The van der Waals surface area contributed by atoms with Crippen LogP contribution < -0.4 is 5.32 Å². The van der Waals surface area contributed by atoms with Crippen LogP contribution in [0.2, 0.25) is 0 Å². The third-order valence-electron chi connectivity index (χ3n) is 4.64. The van der Waals surface area contributed by atoms with E-state index in [0.29, 0.717) is 6.42 Å². The minimum Gasteiger partial charge on any atom is -0.478 e. The van der Waals surface area contributed by atoms with Crippen LogP contribution in [0.4, 0.5) is 10.1 Å². The molecule has 3 rings (SSSR count). The second kappa shape index (κ2) is 6.43. The molecule has 0 bridgehead atoms. The van der Waals surface area contributed by atoms with Crippen LogP contribution in [0.5, 0.6) is 0 Å². The number of hydrogen-bond donors (Lipinski definition) is 2. The van der Waals surface area contributed by atoms with E-state index in [1.807, 2.05) is 30.3 Å². The predicted molar refractivity (Wildman–Crippen MR) is 88.4 cm³/mol. The van der Waals surface area contributed by atoms with Crippen molar-refractivity contribution in [3.05, 3.63) is 65.5 Å². The van der Waals surface area contributed by atoms with Gasteiger partial charge in [-0.1, -0.05) is 36.8 Å². The molecule has 0 aromatic heterocycles. The van der Waals surface area contributed by atoms with Crippen LogP contribution in [-0.2, 0) is 11.2 Å². The predicted octanol–water partition coefficient (Wildman–Crippen LogP) is 3.88. The van der Waals surface area contributed by atoms with Crippen LogP contribution >= 0.6 is 0 Å². The van der Waals surface area contributed by atoms with E-state index in [-0.39, 0.29) is 17.2 Å². The van der Waals surface area contributed by atoms with Crippen molar-refractivity contribution in [1.82, 2.24) is 0 Å². The molecule has 1 saturated carbocycles. The first-order valence-electron chi connectivity index (χ1n) is 7.88. The van der Waals surface area contributed by atoms with Gasteiger partial charge >= 0.3 is 5.97 Å². The Bertz CT molecular complexity index is 769. The molecule has 0 atom stereocenters. The van der Waals surface area contributed by atoms with E-state index in [2.05, 4.69) is 5.32 Å². The number of carbonyl (C=O) groups excluding carboxylic acids is 1. The Balaban J connectivity index is 1.80. The number of aromatic carboxylic acids is 1. The largest absolute Gasteiger partial charge is 0.478 e. The summed E-state index contributed by atoms with van der Waals surface area (Å²) in [6.07, 6.45) is 3.04. The van der Waals surface area contributed by atoms with Gasteiger partial charge in [-0.2, -0.15) is 0 Å². The molecule has 0 saturated heterocycles. The number of halogens is 1. The molecule has 1 amide bonds. The first-order chi connectivity index (χ1) is 11.5. The second-order valence-electron chi connectivity index (χ2n) is 6.25. The minimum absolute atomic E-state index is 0.0579. The highest BCUT2D eigenvalue weighted by Gasteiger charge is 2.44. The lowest BCUT2D eigenvalue weighted by Crippen LogP contribution is -2.43. The number of carboxylic acids is 1. The first kappa shape index (κ1) is 16.2. The van der Waals surface area contributed by atoms with E-state index in [4.69, 9.17) is 5.11 Å². The maximum atomic E-state index is 13.9. The van der Waals surface area contributed by atoms with E-state index in [9.17, 15) is 14.0 Å². The van der Waals surface area contributed by atoms with Gasteiger partial charge in [0, 0.05) is 0 Å². The SMILES string of the molecule is O=C(O)c1ccc(F)c(NC(=O)C2(Cc3ccccc3)CCC2)c1. The van der Waals surface area contributed by atoms with Crippen molar-refractivity contribution in [3.8, 4) is 0 Å². The number of carboxylic acid groups (broad SMARTS) is 1. The molecule has 0 unspecified atom stereocenters. The van der Waals surface area contributed by atoms with Crippen LogP contribution in [0.25, 0.3) is 0 Å². The number of benzene rings is 2. The van der Waals surface area contributed by atoms with Crippen molar-refractivity contribution in [1.29, 1.82) is 0 Å². The zero-order valence-corrected chi connectivity index (χ0v) is 13.1. The molecule has 124 valence electrons. The van der Waals surface area contributed by atoms with Crippen LogP contribution in [0.1, 0.15) is 35.2 Å². The van der Waals surface area contributed by atoms with Gasteiger partial charge in [-0.25, -0.2) is 9.18 Å². The summed E-state index contributed by atoms with van der Waals surface area (Å²) in [5.74, 6) is -2.05. The molecule has 0 radical (unpaired) electrons. The lowest BCUT2D eigenvalue weighted by molar-refractivity contribution is -0.130. The van der Waals surface area contributed by atoms with Gasteiger partial charge in [0.2, 0.25) is 5.91 Å². The van der Waals surface area contributed by atoms with Gasteiger partial charge in [-0.05, 0) is 43.0 Å². The zero-order chi connectivity index (χ0) is 17.2. The first-order valence-corrected chi connectivity index (χ1v) is 7.88. The molecule has 0 spiro atoms. The molecule has 2 N–H and O–H groups in total. The summed E-state index contributed by atoms with van der Waals surface area (Å²) in [5.41, 5.74) is 0.372. The monoisotopic (exact) mass is 327 g/mol. The van der Waals surface area contributed by atoms with Crippen molar-refractivity contribution in [3.63, 3.8) is 0 Å². The third kappa shape index (κ3) is 3.15. The molecule has 0 aliphatic heterocycles. The standard InChI is InChI=1S/C19H18FNO3/c20-15-8-7-14(17(22)23)11-16(15)21-18(24)19(9-4-10-19)12-13-5-2-1-3-6-13/h1-3,5-8,11H,4,9-10,12H2,(H,21,24)(H,22,23). The van der Waals surface area contributed by atoms with Crippen molar-refractivity contribution >= 4 is 17.6 Å². The quantitative estimate of drug-likeness (QED) is 0.876. The van der Waals surface area contributed by atoms with E-state index < -0.39 is 17.2 Å². The van der Waals surface area contributed by atoms with Crippen LogP contribution in [0, 0.1) is 11.2 Å². The molecular formula is C19H18FNO3. The van der Waals surface area contributed by atoms with E-state index in [0.717, 1.165) is 37.0 Å². The highest BCUT2D eigenvalue weighted by atomic mass is 19.1. The average Bonchev–Trinajstić information content (AvgIpc) is 2.53. The van der Waals surface area contributed by atoms with Crippen LogP contribution in [0.3, 0.4) is 0 Å². The molecule has 2 aromatic carbocycles. The Kier molecular flexibility index (Phi) is 4.34. The van der Waals surface area contributed by atoms with Gasteiger partial charge < -0.3 is 10.4 Å². The molecule has 1 aliphatic carbocycles. The summed E-state index contributed by atoms with van der Waals surface area (Å²) in [6.45, 7) is 0.